The van der Waals surface area contributed by atoms with Crippen LogP contribution in [0.3, 0.4) is 0 Å². The van der Waals surface area contributed by atoms with Crippen molar-refractivity contribution >= 4 is 23.4 Å². The van der Waals surface area contributed by atoms with E-state index in [1.807, 2.05) is 12.1 Å². The van der Waals surface area contributed by atoms with Crippen LogP contribution in [0.1, 0.15) is 48.3 Å². The van der Waals surface area contributed by atoms with Crippen molar-refractivity contribution in [3.05, 3.63) is 35.8 Å². The summed E-state index contributed by atoms with van der Waals surface area (Å²) in [4.78, 5) is 40.3. The van der Waals surface area contributed by atoms with Crippen LogP contribution in [-0.4, -0.2) is 40.2 Å². The molecule has 0 aromatic carbocycles. The number of pyridine rings is 1. The molecular formula is C23H27N5O3. The molecule has 5 atom stereocenters. The molecule has 4 aliphatic carbocycles. The zero-order valence-corrected chi connectivity index (χ0v) is 17.4. The summed E-state index contributed by atoms with van der Waals surface area (Å²) < 4.78 is 1.73. The molecule has 0 aliphatic heterocycles. The van der Waals surface area contributed by atoms with Crippen molar-refractivity contribution in [2.45, 2.75) is 38.5 Å². The average Bonchev–Trinajstić information content (AvgIpc) is 3.57. The van der Waals surface area contributed by atoms with Crippen LogP contribution in [0.5, 0.6) is 0 Å². The lowest BCUT2D eigenvalue weighted by Crippen LogP contribution is -2.40. The van der Waals surface area contributed by atoms with Crippen molar-refractivity contribution in [3.8, 4) is 0 Å². The summed E-state index contributed by atoms with van der Waals surface area (Å²) in [6.45, 7) is 0.548. The fourth-order valence-electron chi connectivity index (χ4n) is 6.97. The number of primary amides is 1. The number of nitrogens with zero attached hydrogens (tertiary/aromatic N) is 2. The van der Waals surface area contributed by atoms with E-state index in [4.69, 9.17) is 5.73 Å². The summed E-state index contributed by atoms with van der Waals surface area (Å²) in [6, 6.07) is 5.40. The summed E-state index contributed by atoms with van der Waals surface area (Å²) in [5.74, 6) is 1.76. The lowest BCUT2D eigenvalue weighted by atomic mass is 9.71. The zero-order chi connectivity index (χ0) is 21.4. The molecule has 2 heterocycles. The van der Waals surface area contributed by atoms with Crippen LogP contribution in [0.25, 0.3) is 5.65 Å². The van der Waals surface area contributed by atoms with E-state index in [0.717, 1.165) is 24.3 Å². The Morgan fingerprint density at radius 2 is 2.06 bits per heavy atom. The standard InChI is InChI=1S/C23H27N5O3/c24-18(29)9-25-20(30)5-15-10-28-17(2-1-3-19(28)27-15)21(31)26-12-22-6-13-4-16(13)23(11-22)8-14(23)7-22/h1-3,10,13-14,16H,4-9,11-12H2,(H2,24,29)(H,25,30)(H,26,31)/t13?,14?,16-,22?,23?/m0/s1. The van der Waals surface area contributed by atoms with E-state index < -0.39 is 5.91 Å². The second kappa shape index (κ2) is 6.31. The molecule has 0 saturated heterocycles. The van der Waals surface area contributed by atoms with Gasteiger partial charge in [-0.3, -0.25) is 18.8 Å². The molecule has 8 heteroatoms. The van der Waals surface area contributed by atoms with Crippen LogP contribution in [0, 0.1) is 28.6 Å². The first-order valence-corrected chi connectivity index (χ1v) is 11.2. The van der Waals surface area contributed by atoms with E-state index in [-0.39, 0.29) is 24.8 Å². The highest BCUT2D eigenvalue weighted by molar-refractivity contribution is 5.93. The van der Waals surface area contributed by atoms with E-state index in [2.05, 4.69) is 15.6 Å². The van der Waals surface area contributed by atoms with Crippen molar-refractivity contribution in [2.24, 2.45) is 34.3 Å². The number of carbonyl (C=O) groups excluding carboxylic acids is 3. The maximum absolute atomic E-state index is 13.1. The summed E-state index contributed by atoms with van der Waals surface area (Å²) >= 11 is 0. The van der Waals surface area contributed by atoms with Gasteiger partial charge in [0, 0.05) is 12.7 Å². The second-order valence-corrected chi connectivity index (χ2v) is 10.3. The Balaban J connectivity index is 1.15. The quantitative estimate of drug-likeness (QED) is 0.619. The molecule has 31 heavy (non-hydrogen) atoms. The maximum atomic E-state index is 13.1. The van der Waals surface area contributed by atoms with Gasteiger partial charge in [-0.05, 0) is 72.8 Å². The van der Waals surface area contributed by atoms with Crippen molar-refractivity contribution in [3.63, 3.8) is 0 Å². The third-order valence-corrected chi connectivity index (χ3v) is 8.22. The number of amides is 3. The number of nitrogens with two attached hydrogens (primary N) is 1. The number of fused-ring (bicyclic) bond motifs is 3. The Hall–Kier alpha value is -2.90. The third kappa shape index (κ3) is 3.03. The first-order chi connectivity index (χ1) is 14.9. The molecule has 162 valence electrons. The number of rotatable bonds is 7. The van der Waals surface area contributed by atoms with Crippen LogP contribution in [0.4, 0.5) is 0 Å². The smallest absolute Gasteiger partial charge is 0.268 e. The summed E-state index contributed by atoms with van der Waals surface area (Å²) in [5.41, 5.74) is 7.65. The van der Waals surface area contributed by atoms with Gasteiger partial charge in [0.25, 0.3) is 5.91 Å². The van der Waals surface area contributed by atoms with Crippen LogP contribution in [0.2, 0.25) is 0 Å². The van der Waals surface area contributed by atoms with Gasteiger partial charge in [-0.1, -0.05) is 6.07 Å². The average molecular weight is 422 g/mol. The van der Waals surface area contributed by atoms with Gasteiger partial charge >= 0.3 is 0 Å². The monoisotopic (exact) mass is 421 g/mol. The molecule has 8 nitrogen and oxygen atoms in total. The van der Waals surface area contributed by atoms with Crippen LogP contribution < -0.4 is 16.4 Å². The van der Waals surface area contributed by atoms with E-state index >= 15 is 0 Å². The molecule has 4 aliphatic rings. The van der Waals surface area contributed by atoms with Gasteiger partial charge in [-0.15, -0.1) is 0 Å². The number of imidazole rings is 1. The van der Waals surface area contributed by atoms with Gasteiger partial charge in [-0.25, -0.2) is 4.98 Å². The Bertz CT molecular complexity index is 1120. The molecule has 4 N–H and O–H groups in total. The Morgan fingerprint density at radius 3 is 2.90 bits per heavy atom. The van der Waals surface area contributed by atoms with Gasteiger partial charge in [0.15, 0.2) is 0 Å². The summed E-state index contributed by atoms with van der Waals surface area (Å²) in [5, 5.41) is 5.68. The van der Waals surface area contributed by atoms with Gasteiger partial charge in [-0.2, -0.15) is 0 Å². The number of aromatic nitrogens is 2. The Kier molecular flexibility index (Phi) is 3.83. The number of nitrogens with one attached hydrogen (secondary N) is 2. The number of carbonyl (C=O) groups is 3. The molecule has 4 unspecified atom stereocenters. The zero-order valence-electron chi connectivity index (χ0n) is 17.4. The largest absolute Gasteiger partial charge is 0.368 e. The normalized spacial score (nSPS) is 34.0. The van der Waals surface area contributed by atoms with Crippen LogP contribution >= 0.6 is 0 Å². The fourth-order valence-corrected chi connectivity index (χ4v) is 6.97. The summed E-state index contributed by atoms with van der Waals surface area (Å²) in [6.07, 6.45) is 8.42. The predicted molar refractivity (Wildman–Crippen MR) is 112 cm³/mol. The van der Waals surface area contributed by atoms with E-state index in [1.165, 1.54) is 32.1 Å². The fraction of sp³-hybridized carbons (Fsp3) is 0.565. The van der Waals surface area contributed by atoms with Gasteiger partial charge in [0.1, 0.15) is 11.3 Å². The minimum atomic E-state index is -0.595. The molecule has 0 radical (unpaired) electrons. The predicted octanol–water partition coefficient (Wildman–Crippen LogP) is 1.03. The highest BCUT2D eigenvalue weighted by atomic mass is 16.2. The van der Waals surface area contributed by atoms with E-state index in [1.54, 1.807) is 16.7 Å². The molecule has 1 spiro atoms. The highest BCUT2D eigenvalue weighted by Crippen LogP contribution is 2.83. The van der Waals surface area contributed by atoms with Crippen LogP contribution in [-0.2, 0) is 16.0 Å². The van der Waals surface area contributed by atoms with Crippen LogP contribution in [0.15, 0.2) is 24.4 Å². The molecule has 2 bridgehead atoms. The minimum absolute atomic E-state index is 0.0190. The molecule has 4 saturated carbocycles. The molecule has 2 aromatic rings. The third-order valence-electron chi connectivity index (χ3n) is 8.22. The molecule has 2 aromatic heterocycles. The first-order valence-electron chi connectivity index (χ1n) is 11.2. The van der Waals surface area contributed by atoms with Crippen molar-refractivity contribution in [2.75, 3.05) is 13.1 Å². The van der Waals surface area contributed by atoms with Crippen molar-refractivity contribution < 1.29 is 14.4 Å². The summed E-state index contributed by atoms with van der Waals surface area (Å²) in [7, 11) is 0. The lowest BCUT2D eigenvalue weighted by molar-refractivity contribution is -0.124. The molecule has 3 amide bonds. The Labute approximate surface area is 180 Å². The second-order valence-electron chi connectivity index (χ2n) is 10.3. The maximum Gasteiger partial charge on any atom is 0.268 e. The lowest BCUT2D eigenvalue weighted by Gasteiger charge is -2.36. The molecule has 6 rings (SSSR count). The number of hydrogen-bond donors (Lipinski definition) is 3. The SMILES string of the molecule is NC(=O)CNC(=O)Cc1cn2c(C(=O)NCC34CC5C[C@@H]5C5(CC5C3)C4)cccc2n1. The van der Waals surface area contributed by atoms with Gasteiger partial charge in [0.2, 0.25) is 11.8 Å². The van der Waals surface area contributed by atoms with E-state index in [9.17, 15) is 14.4 Å². The number of hydrogen-bond acceptors (Lipinski definition) is 4. The van der Waals surface area contributed by atoms with Crippen molar-refractivity contribution in [1.29, 1.82) is 0 Å². The van der Waals surface area contributed by atoms with Gasteiger partial charge < -0.3 is 16.4 Å². The molecule has 4 fully saturated rings. The minimum Gasteiger partial charge on any atom is -0.368 e. The Morgan fingerprint density at radius 1 is 1.19 bits per heavy atom. The highest BCUT2D eigenvalue weighted by Gasteiger charge is 2.76. The first kappa shape index (κ1) is 18.8. The molecular weight excluding hydrogens is 394 g/mol. The van der Waals surface area contributed by atoms with E-state index in [0.29, 0.717) is 27.9 Å². The van der Waals surface area contributed by atoms with Crippen molar-refractivity contribution in [1.82, 2.24) is 20.0 Å². The topological polar surface area (TPSA) is 119 Å². The van der Waals surface area contributed by atoms with Gasteiger partial charge in [0.05, 0.1) is 18.7 Å².